The zero-order valence-electron chi connectivity index (χ0n) is 11.7. The molecule has 4 heteroatoms. The molecule has 0 saturated carbocycles. The molecule has 2 aliphatic heterocycles. The molecule has 104 valence electrons. The van der Waals surface area contributed by atoms with E-state index in [1.54, 1.807) is 0 Å². The van der Waals surface area contributed by atoms with Gasteiger partial charge in [-0.25, -0.2) is 0 Å². The summed E-state index contributed by atoms with van der Waals surface area (Å²) in [4.78, 5) is 14.5. The number of piperidine rings is 1. The summed E-state index contributed by atoms with van der Waals surface area (Å²) in [5, 5.41) is 13.4. The zero-order chi connectivity index (χ0) is 13.2. The van der Waals surface area contributed by atoms with Crippen LogP contribution in [0.5, 0.6) is 0 Å². The summed E-state index contributed by atoms with van der Waals surface area (Å²) in [6.07, 6.45) is 4.81. The molecule has 0 aromatic carbocycles. The molecule has 2 fully saturated rings. The number of hydrogen-bond acceptors (Lipinski definition) is 3. The van der Waals surface area contributed by atoms with Gasteiger partial charge in [0.15, 0.2) is 0 Å². The lowest BCUT2D eigenvalue weighted by atomic mass is 9.74. The van der Waals surface area contributed by atoms with Crippen molar-refractivity contribution in [2.75, 3.05) is 26.2 Å². The van der Waals surface area contributed by atoms with Gasteiger partial charge < -0.3 is 15.3 Å². The maximum Gasteiger partial charge on any atom is 0.230 e. The summed E-state index contributed by atoms with van der Waals surface area (Å²) in [6, 6.07) is 0. The number of aliphatic hydroxyl groups is 1. The monoisotopic (exact) mass is 254 g/mol. The van der Waals surface area contributed by atoms with Crippen molar-refractivity contribution in [3.05, 3.63) is 0 Å². The number of β-amino-alcohol motifs (C(OH)–C–C–N with tert-alkyl or cyclic N) is 1. The van der Waals surface area contributed by atoms with Crippen LogP contribution in [0.1, 0.15) is 46.0 Å². The van der Waals surface area contributed by atoms with Crippen LogP contribution in [0.25, 0.3) is 0 Å². The van der Waals surface area contributed by atoms with Crippen LogP contribution in [0.15, 0.2) is 0 Å². The molecule has 18 heavy (non-hydrogen) atoms. The lowest BCUT2D eigenvalue weighted by Crippen LogP contribution is -2.66. The van der Waals surface area contributed by atoms with Crippen LogP contribution in [0.2, 0.25) is 0 Å². The predicted octanol–water partition coefficient (Wildman–Crippen LogP) is 1.14. The van der Waals surface area contributed by atoms with Crippen LogP contribution in [0.3, 0.4) is 0 Å². The van der Waals surface area contributed by atoms with E-state index in [1.165, 1.54) is 0 Å². The Hall–Kier alpha value is -0.610. The Morgan fingerprint density at radius 3 is 2.61 bits per heavy atom. The van der Waals surface area contributed by atoms with E-state index >= 15 is 0 Å². The minimum absolute atomic E-state index is 0.206. The van der Waals surface area contributed by atoms with Gasteiger partial charge in [-0.3, -0.25) is 4.79 Å². The Bertz CT molecular complexity index is 299. The normalized spacial score (nSPS) is 30.9. The molecule has 0 aromatic heterocycles. The molecular weight excluding hydrogens is 228 g/mol. The third-order valence-electron chi connectivity index (χ3n) is 4.57. The average Bonchev–Trinajstić information content (AvgIpc) is 2.35. The number of amides is 1. The maximum atomic E-state index is 12.7. The number of likely N-dealkylation sites (tertiary alicyclic amines) is 1. The van der Waals surface area contributed by atoms with Gasteiger partial charge in [-0.1, -0.05) is 20.3 Å². The average molecular weight is 254 g/mol. The lowest BCUT2D eigenvalue weighted by molar-refractivity contribution is -0.167. The van der Waals surface area contributed by atoms with E-state index < -0.39 is 5.60 Å². The molecule has 2 rings (SSSR count). The first-order valence-corrected chi connectivity index (χ1v) is 7.28. The Morgan fingerprint density at radius 1 is 1.39 bits per heavy atom. The molecule has 1 amide bonds. The quantitative estimate of drug-likeness (QED) is 0.791. The first-order chi connectivity index (χ1) is 8.55. The van der Waals surface area contributed by atoms with Crippen molar-refractivity contribution in [1.82, 2.24) is 10.2 Å². The van der Waals surface area contributed by atoms with Crippen molar-refractivity contribution < 1.29 is 9.90 Å². The van der Waals surface area contributed by atoms with Crippen molar-refractivity contribution in [3.63, 3.8) is 0 Å². The highest BCUT2D eigenvalue weighted by molar-refractivity contribution is 5.84. The van der Waals surface area contributed by atoms with Crippen LogP contribution < -0.4 is 5.32 Å². The summed E-state index contributed by atoms with van der Waals surface area (Å²) in [7, 11) is 0. The van der Waals surface area contributed by atoms with E-state index in [2.05, 4.69) is 12.2 Å². The van der Waals surface area contributed by atoms with Crippen LogP contribution in [0, 0.1) is 5.41 Å². The minimum Gasteiger partial charge on any atom is -0.386 e. The van der Waals surface area contributed by atoms with E-state index in [4.69, 9.17) is 0 Å². The van der Waals surface area contributed by atoms with Crippen molar-refractivity contribution >= 4 is 5.91 Å². The van der Waals surface area contributed by atoms with Crippen LogP contribution in [0.4, 0.5) is 0 Å². The summed E-state index contributed by atoms with van der Waals surface area (Å²) in [6.45, 7) is 6.99. The van der Waals surface area contributed by atoms with Gasteiger partial charge in [-0.15, -0.1) is 0 Å². The third kappa shape index (κ3) is 2.41. The van der Waals surface area contributed by atoms with Gasteiger partial charge in [0.2, 0.25) is 5.91 Å². The Kier molecular flexibility index (Phi) is 3.97. The number of nitrogens with zero attached hydrogens (tertiary/aromatic N) is 1. The smallest absolute Gasteiger partial charge is 0.230 e. The van der Waals surface area contributed by atoms with Gasteiger partial charge in [-0.2, -0.15) is 0 Å². The number of carbonyl (C=O) groups is 1. The standard InChI is InChI=1S/C14H26N2O2/c1-3-6-13(7-5-8-15-9-13)12(17)16-10-14(18,4-2)11-16/h15,18H,3-11H2,1-2H3. The van der Waals surface area contributed by atoms with Crippen molar-refractivity contribution in [1.29, 1.82) is 0 Å². The van der Waals surface area contributed by atoms with Crippen LogP contribution >= 0.6 is 0 Å². The van der Waals surface area contributed by atoms with Crippen molar-refractivity contribution in [2.24, 2.45) is 5.41 Å². The van der Waals surface area contributed by atoms with E-state index in [9.17, 15) is 9.90 Å². The molecule has 1 atom stereocenters. The zero-order valence-corrected chi connectivity index (χ0v) is 11.7. The topological polar surface area (TPSA) is 52.6 Å². The summed E-state index contributed by atoms with van der Waals surface area (Å²) >= 11 is 0. The molecular formula is C14H26N2O2. The highest BCUT2D eigenvalue weighted by Gasteiger charge is 2.49. The molecule has 0 bridgehead atoms. The number of hydrogen-bond donors (Lipinski definition) is 2. The highest BCUT2D eigenvalue weighted by atomic mass is 16.3. The molecule has 0 aliphatic carbocycles. The number of carbonyl (C=O) groups excluding carboxylic acids is 1. The fourth-order valence-electron chi connectivity index (χ4n) is 3.32. The molecule has 1 unspecified atom stereocenters. The summed E-state index contributed by atoms with van der Waals surface area (Å²) in [5.74, 6) is 0.259. The Labute approximate surface area is 110 Å². The first kappa shape index (κ1) is 13.8. The molecule has 4 nitrogen and oxygen atoms in total. The SMILES string of the molecule is CCCC1(C(=O)N2CC(O)(CC)C2)CCCNC1. The van der Waals surface area contributed by atoms with Crippen LogP contribution in [-0.4, -0.2) is 47.7 Å². The maximum absolute atomic E-state index is 12.7. The molecule has 2 N–H and O–H groups in total. The highest BCUT2D eigenvalue weighted by Crippen LogP contribution is 2.37. The van der Waals surface area contributed by atoms with Gasteiger partial charge in [0.05, 0.1) is 24.1 Å². The minimum atomic E-state index is -0.620. The second kappa shape index (κ2) is 5.17. The first-order valence-electron chi connectivity index (χ1n) is 7.28. The molecule has 0 aromatic rings. The fraction of sp³-hybridized carbons (Fsp3) is 0.929. The largest absolute Gasteiger partial charge is 0.386 e. The Balaban J connectivity index is 2.01. The summed E-state index contributed by atoms with van der Waals surface area (Å²) in [5.41, 5.74) is -0.826. The van der Waals surface area contributed by atoms with Gasteiger partial charge in [0.25, 0.3) is 0 Å². The second-order valence-electron chi connectivity index (χ2n) is 6.05. The number of rotatable bonds is 4. The fourth-order valence-corrected chi connectivity index (χ4v) is 3.32. The Morgan fingerprint density at radius 2 is 2.11 bits per heavy atom. The summed E-state index contributed by atoms with van der Waals surface area (Å²) < 4.78 is 0. The second-order valence-corrected chi connectivity index (χ2v) is 6.05. The predicted molar refractivity (Wildman–Crippen MR) is 71.3 cm³/mol. The molecule has 0 radical (unpaired) electrons. The van der Waals surface area contributed by atoms with E-state index in [0.29, 0.717) is 13.1 Å². The lowest BCUT2D eigenvalue weighted by Gasteiger charge is -2.50. The molecule has 0 spiro atoms. The van der Waals surface area contributed by atoms with E-state index in [0.717, 1.165) is 45.2 Å². The van der Waals surface area contributed by atoms with Gasteiger partial charge >= 0.3 is 0 Å². The van der Waals surface area contributed by atoms with Crippen molar-refractivity contribution in [3.8, 4) is 0 Å². The van der Waals surface area contributed by atoms with E-state index in [1.807, 2.05) is 11.8 Å². The molecule has 2 aliphatic rings. The third-order valence-corrected chi connectivity index (χ3v) is 4.57. The molecule has 2 heterocycles. The van der Waals surface area contributed by atoms with Crippen molar-refractivity contribution in [2.45, 2.75) is 51.6 Å². The van der Waals surface area contributed by atoms with E-state index in [-0.39, 0.29) is 11.3 Å². The van der Waals surface area contributed by atoms with Gasteiger partial charge in [-0.05, 0) is 32.2 Å². The van der Waals surface area contributed by atoms with Gasteiger partial charge in [0, 0.05) is 6.54 Å². The number of nitrogens with one attached hydrogen (secondary N) is 1. The molecule has 2 saturated heterocycles. The van der Waals surface area contributed by atoms with Gasteiger partial charge in [0.1, 0.15) is 0 Å². The van der Waals surface area contributed by atoms with Crippen LogP contribution in [-0.2, 0) is 4.79 Å².